The van der Waals surface area contributed by atoms with E-state index < -0.39 is 0 Å². The molecule has 0 atom stereocenters. The van der Waals surface area contributed by atoms with Crippen molar-refractivity contribution in [3.8, 4) is 0 Å². The van der Waals surface area contributed by atoms with Crippen molar-refractivity contribution in [1.82, 2.24) is 10.2 Å². The van der Waals surface area contributed by atoms with Crippen molar-refractivity contribution >= 4 is 0 Å². The quantitative estimate of drug-likeness (QED) is 0.507. The van der Waals surface area contributed by atoms with Crippen LogP contribution >= 0.6 is 0 Å². The number of nitrogens with one attached hydrogen (secondary N) is 1. The summed E-state index contributed by atoms with van der Waals surface area (Å²) in [6, 6.07) is 0.958. The molecule has 0 heterocycles. The van der Waals surface area contributed by atoms with Crippen molar-refractivity contribution in [2.75, 3.05) is 26.2 Å². The molecule has 1 N–H and O–H groups in total. The summed E-state index contributed by atoms with van der Waals surface area (Å²) in [6.45, 7) is 11.9. The van der Waals surface area contributed by atoms with E-state index in [9.17, 15) is 0 Å². The van der Waals surface area contributed by atoms with Gasteiger partial charge in [-0.2, -0.15) is 0 Å². The molecule has 2 nitrogen and oxygen atoms in total. The number of rotatable bonds is 13. The molecule has 1 aliphatic rings. The van der Waals surface area contributed by atoms with Crippen molar-refractivity contribution in [3.63, 3.8) is 0 Å². The monoisotopic (exact) mass is 268 g/mol. The fourth-order valence-corrected chi connectivity index (χ4v) is 2.59. The first-order valence-electron chi connectivity index (χ1n) is 8.68. The van der Waals surface area contributed by atoms with Crippen molar-refractivity contribution in [3.05, 3.63) is 0 Å². The zero-order valence-corrected chi connectivity index (χ0v) is 13.6. The Labute approximate surface area is 121 Å². The van der Waals surface area contributed by atoms with Gasteiger partial charge in [-0.3, -0.25) is 0 Å². The summed E-state index contributed by atoms with van der Waals surface area (Å²) in [5.41, 5.74) is 0. The van der Waals surface area contributed by atoms with Crippen molar-refractivity contribution in [1.29, 1.82) is 0 Å². The summed E-state index contributed by atoms with van der Waals surface area (Å²) in [4.78, 5) is 2.75. The second-order valence-corrected chi connectivity index (χ2v) is 6.63. The first-order valence-corrected chi connectivity index (χ1v) is 8.68. The Hall–Kier alpha value is -0.0800. The highest BCUT2D eigenvalue weighted by Gasteiger charge is 2.27. The molecule has 0 unspecified atom stereocenters. The van der Waals surface area contributed by atoms with E-state index in [0.29, 0.717) is 0 Å². The van der Waals surface area contributed by atoms with Crippen LogP contribution < -0.4 is 5.32 Å². The summed E-state index contributed by atoms with van der Waals surface area (Å²) in [6.07, 6.45) is 11.2. The fraction of sp³-hybridized carbons (Fsp3) is 1.00. The van der Waals surface area contributed by atoms with Gasteiger partial charge in [-0.25, -0.2) is 0 Å². The molecule has 0 saturated heterocycles. The molecule has 0 radical (unpaired) electrons. The average Bonchev–Trinajstić information content (AvgIpc) is 3.20. The summed E-state index contributed by atoms with van der Waals surface area (Å²) >= 11 is 0. The Kier molecular flexibility index (Phi) is 9.54. The minimum Gasteiger partial charge on any atom is -0.316 e. The largest absolute Gasteiger partial charge is 0.316 e. The van der Waals surface area contributed by atoms with Gasteiger partial charge in [-0.05, 0) is 64.2 Å². The van der Waals surface area contributed by atoms with Crippen molar-refractivity contribution in [2.24, 2.45) is 5.92 Å². The molecule has 19 heavy (non-hydrogen) atoms. The molecular weight excluding hydrogens is 232 g/mol. The molecule has 0 aromatic heterocycles. The first kappa shape index (κ1) is 17.0. The summed E-state index contributed by atoms with van der Waals surface area (Å²) in [5.74, 6) is 0.783. The van der Waals surface area contributed by atoms with Gasteiger partial charge in [0, 0.05) is 6.04 Å². The minimum absolute atomic E-state index is 0.783. The normalized spacial score (nSPS) is 15.6. The van der Waals surface area contributed by atoms with Crippen molar-refractivity contribution in [2.45, 2.75) is 78.2 Å². The molecule has 0 amide bonds. The Bertz CT molecular complexity index is 199. The Morgan fingerprint density at radius 3 is 2.32 bits per heavy atom. The van der Waals surface area contributed by atoms with Crippen LogP contribution in [-0.4, -0.2) is 37.1 Å². The van der Waals surface area contributed by atoms with E-state index >= 15 is 0 Å². The lowest BCUT2D eigenvalue weighted by molar-refractivity contribution is 0.253. The van der Waals surface area contributed by atoms with Gasteiger partial charge >= 0.3 is 0 Å². The lowest BCUT2D eigenvalue weighted by Gasteiger charge is -2.21. The highest BCUT2D eigenvalue weighted by atomic mass is 15.2. The predicted molar refractivity (Wildman–Crippen MR) is 85.7 cm³/mol. The van der Waals surface area contributed by atoms with Gasteiger partial charge in [0.05, 0.1) is 0 Å². The zero-order valence-electron chi connectivity index (χ0n) is 13.6. The Balaban J connectivity index is 1.88. The molecule has 1 fully saturated rings. The molecule has 0 aromatic rings. The van der Waals surface area contributed by atoms with Crippen LogP contribution in [0.2, 0.25) is 0 Å². The molecule has 0 aliphatic heterocycles. The standard InChI is InChI=1S/C17H36N2/c1-4-5-13-19(17-10-11-17)14-9-7-6-8-12-18-15-16(2)3/h16-18H,4-15H2,1-3H3. The SMILES string of the molecule is CCCCN(CCCCCCNCC(C)C)C1CC1. The van der Waals surface area contributed by atoms with Gasteiger partial charge < -0.3 is 10.2 Å². The molecule has 0 aromatic carbocycles. The first-order chi connectivity index (χ1) is 9.24. The number of nitrogens with zero attached hydrogens (tertiary/aromatic N) is 1. The van der Waals surface area contributed by atoms with Crippen LogP contribution in [0.5, 0.6) is 0 Å². The van der Waals surface area contributed by atoms with Crippen LogP contribution in [0.25, 0.3) is 0 Å². The van der Waals surface area contributed by atoms with E-state index in [2.05, 4.69) is 31.0 Å². The summed E-state index contributed by atoms with van der Waals surface area (Å²) in [5, 5.41) is 3.53. The second kappa shape index (κ2) is 10.7. The van der Waals surface area contributed by atoms with Crippen LogP contribution in [0, 0.1) is 5.92 Å². The van der Waals surface area contributed by atoms with E-state index in [4.69, 9.17) is 0 Å². The molecule has 2 heteroatoms. The summed E-state index contributed by atoms with van der Waals surface area (Å²) in [7, 11) is 0. The molecule has 114 valence electrons. The predicted octanol–water partition coefficient (Wildman–Crippen LogP) is 4.06. The molecule has 0 bridgehead atoms. The highest BCUT2D eigenvalue weighted by Crippen LogP contribution is 2.27. The average molecular weight is 268 g/mol. The molecule has 1 aliphatic carbocycles. The third-order valence-electron chi connectivity index (χ3n) is 3.96. The van der Waals surface area contributed by atoms with Crippen molar-refractivity contribution < 1.29 is 0 Å². The molecule has 1 saturated carbocycles. The maximum Gasteiger partial charge on any atom is 0.00964 e. The van der Waals surface area contributed by atoms with E-state index in [1.54, 1.807) is 0 Å². The maximum atomic E-state index is 3.53. The van der Waals surface area contributed by atoms with Crippen LogP contribution in [-0.2, 0) is 0 Å². The number of hydrogen-bond acceptors (Lipinski definition) is 2. The van der Waals surface area contributed by atoms with Crippen LogP contribution in [0.15, 0.2) is 0 Å². The van der Waals surface area contributed by atoms with Crippen LogP contribution in [0.4, 0.5) is 0 Å². The minimum atomic E-state index is 0.783. The van der Waals surface area contributed by atoms with Crippen LogP contribution in [0.3, 0.4) is 0 Å². The second-order valence-electron chi connectivity index (χ2n) is 6.63. The van der Waals surface area contributed by atoms with E-state index in [0.717, 1.165) is 12.0 Å². The smallest absolute Gasteiger partial charge is 0.00964 e. The van der Waals surface area contributed by atoms with Gasteiger partial charge in [0.2, 0.25) is 0 Å². The van der Waals surface area contributed by atoms with E-state index in [1.807, 2.05) is 0 Å². The topological polar surface area (TPSA) is 15.3 Å². The number of unbranched alkanes of at least 4 members (excludes halogenated alkanes) is 4. The van der Waals surface area contributed by atoms with Gasteiger partial charge in [-0.1, -0.05) is 40.0 Å². The third kappa shape index (κ3) is 9.45. The number of hydrogen-bond donors (Lipinski definition) is 1. The van der Waals surface area contributed by atoms with E-state index in [1.165, 1.54) is 77.5 Å². The van der Waals surface area contributed by atoms with Gasteiger partial charge in [0.1, 0.15) is 0 Å². The maximum absolute atomic E-state index is 3.53. The molecule has 0 spiro atoms. The van der Waals surface area contributed by atoms with Crippen LogP contribution in [0.1, 0.15) is 72.1 Å². The lowest BCUT2D eigenvalue weighted by atomic mass is 10.1. The molecule has 1 rings (SSSR count). The Morgan fingerprint density at radius 2 is 1.68 bits per heavy atom. The lowest BCUT2D eigenvalue weighted by Crippen LogP contribution is -2.28. The highest BCUT2D eigenvalue weighted by molar-refractivity contribution is 4.84. The van der Waals surface area contributed by atoms with Gasteiger partial charge in [0.15, 0.2) is 0 Å². The fourth-order valence-electron chi connectivity index (χ4n) is 2.59. The Morgan fingerprint density at radius 1 is 1.00 bits per heavy atom. The van der Waals surface area contributed by atoms with E-state index in [-0.39, 0.29) is 0 Å². The van der Waals surface area contributed by atoms with Gasteiger partial charge in [0.25, 0.3) is 0 Å². The molecular formula is C17H36N2. The summed E-state index contributed by atoms with van der Waals surface area (Å²) < 4.78 is 0. The van der Waals surface area contributed by atoms with Gasteiger partial charge in [-0.15, -0.1) is 0 Å². The third-order valence-corrected chi connectivity index (χ3v) is 3.96. The zero-order chi connectivity index (χ0) is 13.9.